The number of nitrogens with one attached hydrogen (secondary N) is 1. The van der Waals surface area contributed by atoms with Gasteiger partial charge < -0.3 is 19.6 Å². The number of carboxylic acids is 1. The molecule has 0 spiro atoms. The molecule has 1 amide bonds. The van der Waals surface area contributed by atoms with Gasteiger partial charge in [-0.25, -0.2) is 9.59 Å². The van der Waals surface area contributed by atoms with Crippen LogP contribution in [0.1, 0.15) is 48.3 Å². The first-order valence-corrected chi connectivity index (χ1v) is 13.9. The molecule has 1 heterocycles. The fraction of sp³-hybridized carbons (Fsp3) is 0.323. The number of nitro groups is 1. The average Bonchev–Trinajstić information content (AvgIpc) is 3.32. The third-order valence-electron chi connectivity index (χ3n) is 7.83. The Balaban J connectivity index is 1.23. The van der Waals surface area contributed by atoms with Crippen molar-refractivity contribution in [2.45, 2.75) is 50.1 Å². The predicted molar refractivity (Wildman–Crippen MR) is 151 cm³/mol. The number of rotatable bonds is 10. The number of nitro benzene ring substituents is 1. The van der Waals surface area contributed by atoms with Crippen molar-refractivity contribution in [3.63, 3.8) is 0 Å². The molecular formula is C31H31N3O8. The summed E-state index contributed by atoms with van der Waals surface area (Å²) in [6.07, 6.45) is 1.16. The second-order valence-corrected chi connectivity index (χ2v) is 10.4. The first-order chi connectivity index (χ1) is 20.3. The number of carbonyl (C=O) groups excluding carboxylic acids is 2. The molecule has 3 aromatic rings. The van der Waals surface area contributed by atoms with E-state index in [-0.39, 0.29) is 31.2 Å². The number of carbonyl (C=O) groups is 3. The summed E-state index contributed by atoms with van der Waals surface area (Å²) >= 11 is 0. The van der Waals surface area contributed by atoms with E-state index >= 15 is 0 Å². The number of benzene rings is 3. The molecular weight excluding hydrogens is 542 g/mol. The van der Waals surface area contributed by atoms with E-state index in [0.29, 0.717) is 31.2 Å². The molecule has 11 nitrogen and oxygen atoms in total. The zero-order valence-corrected chi connectivity index (χ0v) is 22.8. The van der Waals surface area contributed by atoms with Gasteiger partial charge in [0.05, 0.1) is 11.5 Å². The molecule has 5 rings (SSSR count). The van der Waals surface area contributed by atoms with Crippen molar-refractivity contribution >= 4 is 23.7 Å². The largest absolute Gasteiger partial charge is 0.527 e. The zero-order chi connectivity index (χ0) is 29.6. The Bertz CT molecular complexity index is 1430. The van der Waals surface area contributed by atoms with Crippen LogP contribution in [0.5, 0.6) is 0 Å². The number of hydroxylamine groups is 1. The summed E-state index contributed by atoms with van der Waals surface area (Å²) < 4.78 is 5.34. The molecule has 0 bridgehead atoms. The highest BCUT2D eigenvalue weighted by molar-refractivity contribution is 5.87. The number of likely N-dealkylation sites (tertiary alicyclic amines) is 1. The monoisotopic (exact) mass is 573 g/mol. The average molecular weight is 574 g/mol. The third-order valence-corrected chi connectivity index (χ3v) is 7.83. The normalized spacial score (nSPS) is 16.7. The van der Waals surface area contributed by atoms with Gasteiger partial charge in [0, 0.05) is 24.6 Å². The van der Waals surface area contributed by atoms with Crippen molar-refractivity contribution in [3.8, 4) is 11.1 Å². The first-order valence-electron chi connectivity index (χ1n) is 13.9. The molecule has 42 heavy (non-hydrogen) atoms. The quantitative estimate of drug-likeness (QED) is 0.198. The van der Waals surface area contributed by atoms with E-state index in [0.717, 1.165) is 22.3 Å². The third kappa shape index (κ3) is 6.26. The van der Waals surface area contributed by atoms with Gasteiger partial charge in [-0.3, -0.25) is 14.9 Å². The van der Waals surface area contributed by atoms with Crippen LogP contribution in [0.15, 0.2) is 72.8 Å². The second-order valence-electron chi connectivity index (χ2n) is 10.4. The molecule has 218 valence electrons. The van der Waals surface area contributed by atoms with Crippen LogP contribution in [0.3, 0.4) is 0 Å². The number of ether oxygens (including phenoxy) is 1. The van der Waals surface area contributed by atoms with Crippen molar-refractivity contribution in [1.82, 2.24) is 10.4 Å². The maximum Gasteiger partial charge on any atom is 0.527 e. The lowest BCUT2D eigenvalue weighted by atomic mass is 9.94. The standard InChI is InChI=1S/C31H31N3O8/c35-29(33-17-6-5-11-28(33)30(36)37)27(19-20-12-14-21(15-13-20)34(39)40)32-42-31(38)41-18-16-26-24-9-3-1-7-22(24)23-8-2-4-10-25(23)26/h1-4,7-10,12-15,26-28,32H,5-6,11,16-19H2,(H,36,37)/t27-,28?/m0/s1. The van der Waals surface area contributed by atoms with Crippen LogP contribution in [0.4, 0.5) is 10.5 Å². The maximum absolute atomic E-state index is 13.5. The molecule has 11 heteroatoms. The number of hydrogen-bond donors (Lipinski definition) is 2. The molecule has 0 radical (unpaired) electrons. The number of carboxylic acid groups (broad SMARTS) is 1. The van der Waals surface area contributed by atoms with Gasteiger partial charge in [0.15, 0.2) is 0 Å². The van der Waals surface area contributed by atoms with E-state index in [4.69, 9.17) is 9.57 Å². The summed E-state index contributed by atoms with van der Waals surface area (Å²) in [5.74, 6) is -1.60. The summed E-state index contributed by atoms with van der Waals surface area (Å²) in [6.45, 7) is 0.324. The topological polar surface area (TPSA) is 148 Å². The van der Waals surface area contributed by atoms with Crippen LogP contribution in [0.2, 0.25) is 0 Å². The van der Waals surface area contributed by atoms with Crippen molar-refractivity contribution < 1.29 is 34.0 Å². The highest BCUT2D eigenvalue weighted by Gasteiger charge is 2.36. The molecule has 1 saturated heterocycles. The van der Waals surface area contributed by atoms with Crippen molar-refractivity contribution in [2.75, 3.05) is 13.2 Å². The van der Waals surface area contributed by atoms with Crippen molar-refractivity contribution in [1.29, 1.82) is 0 Å². The van der Waals surface area contributed by atoms with E-state index < -0.39 is 35.0 Å². The van der Waals surface area contributed by atoms with Gasteiger partial charge in [-0.1, -0.05) is 60.7 Å². The van der Waals surface area contributed by atoms with Crippen LogP contribution >= 0.6 is 0 Å². The molecule has 1 aliphatic carbocycles. The van der Waals surface area contributed by atoms with Crippen LogP contribution in [0.25, 0.3) is 11.1 Å². The number of hydrogen-bond acceptors (Lipinski definition) is 8. The SMILES string of the molecule is O=C(OCCC1c2ccccc2-c2ccccc21)ON[C@@H](Cc1ccc([N+](=O)[O-])cc1)C(=O)N1CCCCC1C(=O)O. The van der Waals surface area contributed by atoms with Crippen LogP contribution < -0.4 is 5.48 Å². The van der Waals surface area contributed by atoms with Crippen molar-refractivity contribution in [3.05, 3.63) is 99.6 Å². The lowest BCUT2D eigenvalue weighted by Gasteiger charge is -2.35. The Labute approximate surface area is 242 Å². The van der Waals surface area contributed by atoms with Gasteiger partial charge >= 0.3 is 12.1 Å². The number of fused-ring (bicyclic) bond motifs is 3. The van der Waals surface area contributed by atoms with E-state index in [1.165, 1.54) is 29.2 Å². The van der Waals surface area contributed by atoms with E-state index in [1.807, 2.05) is 24.3 Å². The van der Waals surface area contributed by atoms with Gasteiger partial charge in [0.25, 0.3) is 5.69 Å². The first kappa shape index (κ1) is 28.7. The number of piperidine rings is 1. The predicted octanol–water partition coefficient (Wildman–Crippen LogP) is 4.83. The molecule has 1 fully saturated rings. The molecule has 0 aromatic heterocycles. The maximum atomic E-state index is 13.5. The number of non-ortho nitro benzene ring substituents is 1. The van der Waals surface area contributed by atoms with Crippen molar-refractivity contribution in [2.24, 2.45) is 0 Å². The molecule has 1 aliphatic heterocycles. The highest BCUT2D eigenvalue weighted by atomic mass is 16.8. The summed E-state index contributed by atoms with van der Waals surface area (Å²) in [4.78, 5) is 54.8. The molecule has 2 aliphatic rings. The molecule has 2 N–H and O–H groups in total. The Kier molecular flexibility index (Phi) is 8.77. The molecule has 1 unspecified atom stereocenters. The lowest BCUT2D eigenvalue weighted by molar-refractivity contribution is -0.384. The van der Waals surface area contributed by atoms with Gasteiger partial charge in [-0.05, 0) is 59.9 Å². The smallest absolute Gasteiger partial charge is 0.480 e. The van der Waals surface area contributed by atoms with Gasteiger partial charge in [0.1, 0.15) is 12.1 Å². The minimum atomic E-state index is -1.13. The Morgan fingerprint density at radius 2 is 1.62 bits per heavy atom. The molecule has 2 atom stereocenters. The van der Waals surface area contributed by atoms with Crippen LogP contribution in [-0.4, -0.2) is 58.2 Å². The summed E-state index contributed by atoms with van der Waals surface area (Å²) in [6, 6.07) is 19.7. The summed E-state index contributed by atoms with van der Waals surface area (Å²) in [5, 5.41) is 20.7. The van der Waals surface area contributed by atoms with E-state index in [9.17, 15) is 29.6 Å². The molecule has 0 saturated carbocycles. The highest BCUT2D eigenvalue weighted by Crippen LogP contribution is 2.45. The minimum Gasteiger partial charge on any atom is -0.480 e. The number of aliphatic carboxylic acids is 1. The fourth-order valence-corrected chi connectivity index (χ4v) is 5.80. The lowest BCUT2D eigenvalue weighted by Crippen LogP contribution is -2.55. The minimum absolute atomic E-state index is 0.00257. The molecule has 3 aromatic carbocycles. The van der Waals surface area contributed by atoms with Gasteiger partial charge in [-0.2, -0.15) is 0 Å². The Morgan fingerprint density at radius 1 is 0.976 bits per heavy atom. The fourth-order valence-electron chi connectivity index (χ4n) is 5.80. The zero-order valence-electron chi connectivity index (χ0n) is 22.8. The Morgan fingerprint density at radius 3 is 2.24 bits per heavy atom. The Hall–Kier alpha value is -4.77. The summed E-state index contributed by atoms with van der Waals surface area (Å²) in [5.41, 5.74) is 7.58. The van der Waals surface area contributed by atoms with E-state index in [1.54, 1.807) is 0 Å². The second kappa shape index (κ2) is 12.8. The van der Waals surface area contributed by atoms with Crippen LogP contribution in [0, 0.1) is 10.1 Å². The van der Waals surface area contributed by atoms with Crippen LogP contribution in [-0.2, 0) is 25.6 Å². The van der Waals surface area contributed by atoms with Gasteiger partial charge in [-0.15, -0.1) is 5.48 Å². The summed E-state index contributed by atoms with van der Waals surface area (Å²) in [7, 11) is 0. The van der Waals surface area contributed by atoms with Gasteiger partial charge in [0.2, 0.25) is 5.91 Å². The number of nitrogens with zero attached hydrogens (tertiary/aromatic N) is 2. The number of amides is 1. The van der Waals surface area contributed by atoms with E-state index in [2.05, 4.69) is 29.7 Å².